The molecular weight excluding hydrogens is 182 g/mol. The van der Waals surface area contributed by atoms with E-state index in [-0.39, 0.29) is 0 Å². The molecule has 14 heavy (non-hydrogen) atoms. The molecule has 0 saturated heterocycles. The van der Waals surface area contributed by atoms with Crippen LogP contribution in [0.5, 0.6) is 5.75 Å². The summed E-state index contributed by atoms with van der Waals surface area (Å²) >= 11 is 0. The molecule has 4 heteroatoms. The first-order chi connectivity index (χ1) is 6.86. The van der Waals surface area contributed by atoms with E-state index in [1.807, 2.05) is 6.07 Å². The lowest BCUT2D eigenvalue weighted by Crippen LogP contribution is -2.07. The minimum atomic E-state index is -0.422. The van der Waals surface area contributed by atoms with Gasteiger partial charge in [-0.25, -0.2) is 4.79 Å². The van der Waals surface area contributed by atoms with Crippen molar-refractivity contribution in [2.75, 3.05) is 0 Å². The Bertz CT molecular complexity index is 408. The van der Waals surface area contributed by atoms with Gasteiger partial charge < -0.3 is 9.26 Å². The number of ether oxygens (including phenoxy) is 1. The highest BCUT2D eigenvalue weighted by Crippen LogP contribution is 2.10. The second kappa shape index (κ2) is 3.74. The Balaban J connectivity index is 2.11. The summed E-state index contributed by atoms with van der Waals surface area (Å²) in [6.07, 6.45) is 2.60. The molecule has 1 heterocycles. The van der Waals surface area contributed by atoms with Crippen molar-refractivity contribution >= 4 is 5.97 Å². The minimum Gasteiger partial charge on any atom is -0.418 e. The van der Waals surface area contributed by atoms with E-state index in [1.54, 1.807) is 24.3 Å². The van der Waals surface area contributed by atoms with Crippen molar-refractivity contribution in [2.45, 2.75) is 0 Å². The van der Waals surface area contributed by atoms with Gasteiger partial charge in [-0.05, 0) is 12.1 Å². The van der Waals surface area contributed by atoms with Crippen molar-refractivity contribution in [3.8, 4) is 5.75 Å². The molecule has 0 saturated carbocycles. The van der Waals surface area contributed by atoms with E-state index in [1.165, 1.54) is 12.5 Å². The van der Waals surface area contributed by atoms with E-state index < -0.39 is 5.97 Å². The SMILES string of the molecule is O=C(Oc1cnoc1)c1ccccc1. The van der Waals surface area contributed by atoms with Gasteiger partial charge in [0.2, 0.25) is 0 Å². The number of hydrogen-bond donors (Lipinski definition) is 0. The molecule has 0 N–H and O–H groups in total. The van der Waals surface area contributed by atoms with Crippen LogP contribution >= 0.6 is 0 Å². The standard InChI is InChI=1S/C10H7NO3/c12-10(8-4-2-1-3-5-8)14-9-6-11-13-7-9/h1-7H. The van der Waals surface area contributed by atoms with E-state index in [9.17, 15) is 4.79 Å². The molecule has 0 radical (unpaired) electrons. The molecule has 0 aliphatic heterocycles. The van der Waals surface area contributed by atoms with Crippen molar-refractivity contribution in [1.29, 1.82) is 0 Å². The third-order valence-corrected chi connectivity index (χ3v) is 1.63. The van der Waals surface area contributed by atoms with Gasteiger partial charge in [0, 0.05) is 0 Å². The van der Waals surface area contributed by atoms with Gasteiger partial charge in [0.15, 0.2) is 12.0 Å². The molecule has 70 valence electrons. The fourth-order valence-electron chi connectivity index (χ4n) is 0.986. The van der Waals surface area contributed by atoms with Crippen LogP contribution in [0.3, 0.4) is 0 Å². The van der Waals surface area contributed by atoms with Crippen LogP contribution in [-0.2, 0) is 0 Å². The maximum Gasteiger partial charge on any atom is 0.343 e. The number of carbonyl (C=O) groups excluding carboxylic acids is 1. The van der Waals surface area contributed by atoms with Crippen LogP contribution in [0.4, 0.5) is 0 Å². The summed E-state index contributed by atoms with van der Waals surface area (Å²) in [6.45, 7) is 0. The Morgan fingerprint density at radius 3 is 2.71 bits per heavy atom. The summed E-state index contributed by atoms with van der Waals surface area (Å²) in [5.41, 5.74) is 0.494. The summed E-state index contributed by atoms with van der Waals surface area (Å²) in [5, 5.41) is 3.42. The lowest BCUT2D eigenvalue weighted by Gasteiger charge is -1.99. The smallest absolute Gasteiger partial charge is 0.343 e. The minimum absolute atomic E-state index is 0.304. The second-order valence-electron chi connectivity index (χ2n) is 2.62. The Labute approximate surface area is 80.1 Å². The van der Waals surface area contributed by atoms with E-state index in [0.717, 1.165) is 0 Å². The third-order valence-electron chi connectivity index (χ3n) is 1.63. The van der Waals surface area contributed by atoms with Gasteiger partial charge >= 0.3 is 5.97 Å². The highest BCUT2D eigenvalue weighted by atomic mass is 16.6. The maximum absolute atomic E-state index is 11.4. The average Bonchev–Trinajstić information content (AvgIpc) is 2.72. The highest BCUT2D eigenvalue weighted by molar-refractivity contribution is 5.90. The largest absolute Gasteiger partial charge is 0.418 e. The van der Waals surface area contributed by atoms with Gasteiger partial charge in [0.05, 0.1) is 5.56 Å². The Morgan fingerprint density at radius 1 is 1.29 bits per heavy atom. The predicted octanol–water partition coefficient (Wildman–Crippen LogP) is 1.89. The molecule has 2 aromatic rings. The van der Waals surface area contributed by atoms with E-state index in [4.69, 9.17) is 4.74 Å². The van der Waals surface area contributed by atoms with Gasteiger partial charge in [-0.1, -0.05) is 23.4 Å². The topological polar surface area (TPSA) is 52.3 Å². The lowest BCUT2D eigenvalue weighted by atomic mass is 10.2. The normalized spacial score (nSPS) is 9.71. The average molecular weight is 189 g/mol. The summed E-state index contributed by atoms with van der Waals surface area (Å²) in [6, 6.07) is 8.72. The summed E-state index contributed by atoms with van der Waals surface area (Å²) in [7, 11) is 0. The van der Waals surface area contributed by atoms with Crippen LogP contribution < -0.4 is 4.74 Å². The number of aromatic nitrogens is 1. The molecule has 1 aromatic heterocycles. The van der Waals surface area contributed by atoms with Gasteiger partial charge in [0.1, 0.15) is 6.20 Å². The number of hydrogen-bond acceptors (Lipinski definition) is 4. The summed E-state index contributed by atoms with van der Waals surface area (Å²) in [5.74, 6) is -0.118. The molecule has 0 aliphatic carbocycles. The maximum atomic E-state index is 11.4. The quantitative estimate of drug-likeness (QED) is 0.677. The first kappa shape index (κ1) is 8.50. The lowest BCUT2D eigenvalue weighted by molar-refractivity contribution is 0.0733. The molecular formula is C10H7NO3. The Kier molecular flexibility index (Phi) is 2.27. The third kappa shape index (κ3) is 1.80. The van der Waals surface area contributed by atoms with Gasteiger partial charge in [-0.3, -0.25) is 0 Å². The zero-order valence-corrected chi connectivity index (χ0v) is 7.21. The van der Waals surface area contributed by atoms with Gasteiger partial charge in [-0.15, -0.1) is 0 Å². The van der Waals surface area contributed by atoms with E-state index >= 15 is 0 Å². The predicted molar refractivity (Wildman–Crippen MR) is 47.9 cm³/mol. The molecule has 0 spiro atoms. The van der Waals surface area contributed by atoms with Crippen LogP contribution in [0, 0.1) is 0 Å². The van der Waals surface area contributed by atoms with Crippen molar-refractivity contribution in [3.05, 3.63) is 48.4 Å². The summed E-state index contributed by atoms with van der Waals surface area (Å²) < 4.78 is 9.47. The van der Waals surface area contributed by atoms with Crippen molar-refractivity contribution in [1.82, 2.24) is 5.16 Å². The van der Waals surface area contributed by atoms with Crippen LogP contribution in [0.15, 0.2) is 47.3 Å². The Morgan fingerprint density at radius 2 is 2.07 bits per heavy atom. The number of rotatable bonds is 2. The second-order valence-corrected chi connectivity index (χ2v) is 2.62. The highest BCUT2D eigenvalue weighted by Gasteiger charge is 2.08. The van der Waals surface area contributed by atoms with Crippen LogP contribution in [-0.4, -0.2) is 11.1 Å². The zero-order valence-electron chi connectivity index (χ0n) is 7.21. The fourth-order valence-corrected chi connectivity index (χ4v) is 0.986. The van der Waals surface area contributed by atoms with Gasteiger partial charge in [-0.2, -0.15) is 0 Å². The number of carbonyl (C=O) groups is 1. The van der Waals surface area contributed by atoms with Crippen molar-refractivity contribution in [3.63, 3.8) is 0 Å². The molecule has 0 aliphatic rings. The molecule has 0 fully saturated rings. The molecule has 4 nitrogen and oxygen atoms in total. The molecule has 0 atom stereocenters. The first-order valence-corrected chi connectivity index (χ1v) is 4.03. The zero-order chi connectivity index (χ0) is 9.80. The number of nitrogens with zero attached hydrogens (tertiary/aromatic N) is 1. The van der Waals surface area contributed by atoms with Crippen LogP contribution in [0.2, 0.25) is 0 Å². The van der Waals surface area contributed by atoms with Crippen molar-refractivity contribution in [2.24, 2.45) is 0 Å². The van der Waals surface area contributed by atoms with Crippen molar-refractivity contribution < 1.29 is 14.1 Å². The fraction of sp³-hybridized carbons (Fsp3) is 0. The molecule has 1 aromatic carbocycles. The molecule has 0 bridgehead atoms. The molecule has 0 amide bonds. The van der Waals surface area contributed by atoms with E-state index in [2.05, 4.69) is 9.68 Å². The van der Waals surface area contributed by atoms with Crippen LogP contribution in [0.25, 0.3) is 0 Å². The monoisotopic (exact) mass is 189 g/mol. The Hall–Kier alpha value is -2.10. The summed E-state index contributed by atoms with van der Waals surface area (Å²) in [4.78, 5) is 11.4. The molecule has 2 rings (SSSR count). The first-order valence-electron chi connectivity index (χ1n) is 4.03. The number of benzene rings is 1. The number of esters is 1. The molecule has 0 unspecified atom stereocenters. The van der Waals surface area contributed by atoms with E-state index in [0.29, 0.717) is 11.3 Å². The van der Waals surface area contributed by atoms with Crippen LogP contribution in [0.1, 0.15) is 10.4 Å². The van der Waals surface area contributed by atoms with Gasteiger partial charge in [0.25, 0.3) is 0 Å².